The highest BCUT2D eigenvalue weighted by atomic mass is 32.2. The van der Waals surface area contributed by atoms with E-state index in [2.05, 4.69) is 45.1 Å². The maximum absolute atomic E-state index is 12.0. The summed E-state index contributed by atoms with van der Waals surface area (Å²) in [6.07, 6.45) is 0. The van der Waals surface area contributed by atoms with Crippen molar-refractivity contribution >= 4 is 10.8 Å². The van der Waals surface area contributed by atoms with Crippen molar-refractivity contribution in [3.63, 3.8) is 0 Å². The summed E-state index contributed by atoms with van der Waals surface area (Å²) in [5.74, 6) is 2.07. The lowest BCUT2D eigenvalue weighted by Crippen LogP contribution is -2.27. The lowest BCUT2D eigenvalue weighted by molar-refractivity contribution is 0.515. The average Bonchev–Trinajstić information content (AvgIpc) is 2.38. The largest absolute Gasteiger partial charge is 0.309 e. The van der Waals surface area contributed by atoms with Crippen LogP contribution in [0.1, 0.15) is 35.2 Å². The second-order valence-corrected chi connectivity index (χ2v) is 7.20. The molecule has 1 aromatic rings. The lowest BCUT2D eigenvalue weighted by atomic mass is 9.94. The molecule has 0 aromatic heterocycles. The first-order valence-electron chi connectivity index (χ1n) is 6.63. The smallest absolute Gasteiger partial charge is 0.0442 e. The molecule has 1 fully saturated rings. The van der Waals surface area contributed by atoms with Gasteiger partial charge in [-0.05, 0) is 49.9 Å². The van der Waals surface area contributed by atoms with Crippen molar-refractivity contribution in [2.24, 2.45) is 5.92 Å². The van der Waals surface area contributed by atoms with Gasteiger partial charge in [-0.2, -0.15) is 0 Å². The summed E-state index contributed by atoms with van der Waals surface area (Å²) in [6, 6.07) is 4.69. The monoisotopic (exact) mass is 265 g/mol. The summed E-state index contributed by atoms with van der Waals surface area (Å²) < 4.78 is 12.0. The second-order valence-electron chi connectivity index (χ2n) is 5.65. The quantitative estimate of drug-likeness (QED) is 0.846. The molecule has 1 heterocycles. The van der Waals surface area contributed by atoms with Crippen LogP contribution in [0.4, 0.5) is 0 Å². The molecule has 100 valence electrons. The highest BCUT2D eigenvalue weighted by Crippen LogP contribution is 2.26. The van der Waals surface area contributed by atoms with Gasteiger partial charge >= 0.3 is 0 Å². The molecule has 1 aromatic carbocycles. The summed E-state index contributed by atoms with van der Waals surface area (Å²) >= 11 is 0. The number of hydrogen-bond donors (Lipinski definition) is 1. The summed E-state index contributed by atoms with van der Waals surface area (Å²) in [6.45, 7) is 9.58. The summed E-state index contributed by atoms with van der Waals surface area (Å²) in [4.78, 5) is 0. The molecule has 1 saturated heterocycles. The van der Waals surface area contributed by atoms with Gasteiger partial charge in [-0.1, -0.05) is 24.6 Å². The predicted octanol–water partition coefficient (Wildman–Crippen LogP) is 2.64. The highest BCUT2D eigenvalue weighted by Gasteiger charge is 2.23. The molecule has 2 nitrogen and oxygen atoms in total. The topological polar surface area (TPSA) is 29.1 Å². The van der Waals surface area contributed by atoms with E-state index in [1.165, 1.54) is 22.3 Å². The van der Waals surface area contributed by atoms with Crippen LogP contribution >= 0.6 is 0 Å². The van der Waals surface area contributed by atoms with Crippen LogP contribution in [-0.2, 0) is 10.8 Å². The Morgan fingerprint density at radius 3 is 2.39 bits per heavy atom. The van der Waals surface area contributed by atoms with E-state index in [9.17, 15) is 4.21 Å². The fraction of sp³-hybridized carbons (Fsp3) is 0.600. The van der Waals surface area contributed by atoms with Gasteiger partial charge < -0.3 is 5.32 Å². The molecule has 1 aliphatic heterocycles. The van der Waals surface area contributed by atoms with Gasteiger partial charge in [0.1, 0.15) is 0 Å². The van der Waals surface area contributed by atoms with E-state index in [-0.39, 0.29) is 6.04 Å². The molecular formula is C15H23NOS. The van der Waals surface area contributed by atoms with Gasteiger partial charge in [0.05, 0.1) is 0 Å². The average molecular weight is 265 g/mol. The Hall–Kier alpha value is -0.670. The Kier molecular flexibility index (Phi) is 4.23. The van der Waals surface area contributed by atoms with E-state index in [1.807, 2.05) is 0 Å². The molecular weight excluding hydrogens is 242 g/mol. The first kappa shape index (κ1) is 13.8. The summed E-state index contributed by atoms with van der Waals surface area (Å²) in [5, 5.41) is 3.59. The maximum Gasteiger partial charge on any atom is 0.0442 e. The zero-order valence-corrected chi connectivity index (χ0v) is 12.6. The zero-order chi connectivity index (χ0) is 13.3. The van der Waals surface area contributed by atoms with E-state index < -0.39 is 10.8 Å². The molecule has 3 unspecified atom stereocenters. The Labute approximate surface area is 113 Å². The number of rotatable bonds is 1. The summed E-state index contributed by atoms with van der Waals surface area (Å²) in [7, 11) is -0.703. The standard InChI is InChI=1S/C15H23NOS/c1-10-5-12(3)15(13(4)6-10)14-9-18(17)8-11(2)7-16-14/h5-6,11,14,16H,7-9H2,1-4H3. The first-order valence-corrected chi connectivity index (χ1v) is 8.12. The van der Waals surface area contributed by atoms with Gasteiger partial charge in [0.2, 0.25) is 0 Å². The molecule has 3 heteroatoms. The normalized spacial score (nSPS) is 29.0. The van der Waals surface area contributed by atoms with Gasteiger partial charge in [-0.3, -0.25) is 4.21 Å². The maximum atomic E-state index is 12.0. The molecule has 1 aliphatic rings. The zero-order valence-electron chi connectivity index (χ0n) is 11.7. The lowest BCUT2D eigenvalue weighted by Gasteiger charge is -2.21. The number of aryl methyl sites for hydroxylation is 3. The number of benzene rings is 1. The highest BCUT2D eigenvalue weighted by molar-refractivity contribution is 7.85. The first-order chi connectivity index (χ1) is 8.47. The van der Waals surface area contributed by atoms with Gasteiger partial charge in [0.25, 0.3) is 0 Å². The predicted molar refractivity (Wildman–Crippen MR) is 78.4 cm³/mol. The molecule has 3 atom stereocenters. The minimum atomic E-state index is -0.703. The van der Waals surface area contributed by atoms with Crippen LogP contribution in [0.2, 0.25) is 0 Å². The van der Waals surface area contributed by atoms with Crippen molar-refractivity contribution in [1.82, 2.24) is 5.32 Å². The van der Waals surface area contributed by atoms with Gasteiger partial charge in [0, 0.05) is 28.3 Å². The van der Waals surface area contributed by atoms with Crippen LogP contribution in [0, 0.1) is 26.7 Å². The third kappa shape index (κ3) is 3.01. The minimum absolute atomic E-state index is 0.247. The molecule has 18 heavy (non-hydrogen) atoms. The van der Waals surface area contributed by atoms with Crippen LogP contribution < -0.4 is 5.32 Å². The molecule has 0 spiro atoms. The Balaban J connectivity index is 2.33. The van der Waals surface area contributed by atoms with Crippen LogP contribution in [0.5, 0.6) is 0 Å². The number of nitrogens with one attached hydrogen (secondary N) is 1. The number of hydrogen-bond acceptors (Lipinski definition) is 2. The Morgan fingerprint density at radius 2 is 1.78 bits per heavy atom. The van der Waals surface area contributed by atoms with Gasteiger partial charge in [0.15, 0.2) is 0 Å². The Bertz CT molecular complexity index is 447. The molecule has 0 saturated carbocycles. The van der Waals surface area contributed by atoms with Crippen molar-refractivity contribution in [3.05, 3.63) is 34.4 Å². The van der Waals surface area contributed by atoms with E-state index >= 15 is 0 Å². The second kappa shape index (κ2) is 5.54. The summed E-state index contributed by atoms with van der Waals surface area (Å²) in [5.41, 5.74) is 5.29. The van der Waals surface area contributed by atoms with Crippen molar-refractivity contribution in [2.75, 3.05) is 18.1 Å². The van der Waals surface area contributed by atoms with Crippen LogP contribution in [0.25, 0.3) is 0 Å². The van der Waals surface area contributed by atoms with Crippen molar-refractivity contribution in [1.29, 1.82) is 0 Å². The molecule has 0 radical (unpaired) electrons. The third-order valence-corrected chi connectivity index (χ3v) is 5.27. The van der Waals surface area contributed by atoms with E-state index in [1.54, 1.807) is 0 Å². The van der Waals surface area contributed by atoms with Crippen molar-refractivity contribution < 1.29 is 4.21 Å². The van der Waals surface area contributed by atoms with Crippen molar-refractivity contribution in [3.8, 4) is 0 Å². The molecule has 0 amide bonds. The fourth-order valence-electron chi connectivity index (χ4n) is 2.96. The van der Waals surface area contributed by atoms with Crippen LogP contribution in [0.15, 0.2) is 12.1 Å². The van der Waals surface area contributed by atoms with E-state index in [4.69, 9.17) is 0 Å². The third-order valence-electron chi connectivity index (χ3n) is 3.62. The Morgan fingerprint density at radius 1 is 1.17 bits per heavy atom. The SMILES string of the molecule is Cc1cc(C)c(C2CS(=O)CC(C)CN2)c(C)c1. The van der Waals surface area contributed by atoms with Crippen LogP contribution in [0.3, 0.4) is 0 Å². The molecule has 1 N–H and O–H groups in total. The minimum Gasteiger partial charge on any atom is -0.309 e. The molecule has 0 aliphatic carbocycles. The fourth-order valence-corrected chi connectivity index (χ4v) is 4.50. The molecule has 0 bridgehead atoms. The van der Waals surface area contributed by atoms with E-state index in [0.29, 0.717) is 5.92 Å². The van der Waals surface area contributed by atoms with Crippen LogP contribution in [-0.4, -0.2) is 22.3 Å². The van der Waals surface area contributed by atoms with Gasteiger partial charge in [-0.15, -0.1) is 0 Å². The van der Waals surface area contributed by atoms with Crippen molar-refractivity contribution in [2.45, 2.75) is 33.7 Å². The molecule has 2 rings (SSSR count). The van der Waals surface area contributed by atoms with E-state index in [0.717, 1.165) is 18.1 Å². The van der Waals surface area contributed by atoms with Gasteiger partial charge in [-0.25, -0.2) is 0 Å².